The summed E-state index contributed by atoms with van der Waals surface area (Å²) in [7, 11) is 0. The van der Waals surface area contributed by atoms with Crippen LogP contribution in [0.5, 0.6) is 0 Å². The van der Waals surface area contributed by atoms with Crippen molar-refractivity contribution in [3.8, 4) is 0 Å². The van der Waals surface area contributed by atoms with Gasteiger partial charge in [0, 0.05) is 12.8 Å². The molecule has 2 rings (SSSR count). The van der Waals surface area contributed by atoms with Gasteiger partial charge in [0.05, 0.1) is 5.92 Å². The molecule has 0 aromatic heterocycles. The van der Waals surface area contributed by atoms with Crippen LogP contribution in [0.4, 0.5) is 0 Å². The second kappa shape index (κ2) is 4.07. The zero-order chi connectivity index (χ0) is 11.8. The molecule has 2 bridgehead atoms. The predicted octanol–water partition coefficient (Wildman–Crippen LogP) is 1.81. The number of hydrogen-bond donors (Lipinski definition) is 0. The maximum Gasteiger partial charge on any atom is 0.309 e. The Bertz CT molecular complexity index is 312. The Morgan fingerprint density at radius 2 is 2.31 bits per heavy atom. The molecule has 90 valence electrons. The van der Waals surface area contributed by atoms with Gasteiger partial charge in [-0.25, -0.2) is 0 Å². The summed E-state index contributed by atoms with van der Waals surface area (Å²) in [5.41, 5.74) is -0.580. The Labute approximate surface area is 95.3 Å². The van der Waals surface area contributed by atoms with Crippen LogP contribution in [-0.2, 0) is 19.1 Å². The fourth-order valence-electron chi connectivity index (χ4n) is 2.61. The molecule has 4 heteroatoms. The molecule has 3 atom stereocenters. The van der Waals surface area contributed by atoms with Crippen LogP contribution in [0.3, 0.4) is 0 Å². The van der Waals surface area contributed by atoms with Crippen molar-refractivity contribution in [3.05, 3.63) is 0 Å². The highest BCUT2D eigenvalue weighted by Crippen LogP contribution is 2.43. The van der Waals surface area contributed by atoms with Gasteiger partial charge in [0.25, 0.3) is 0 Å². The van der Waals surface area contributed by atoms with Crippen molar-refractivity contribution < 1.29 is 19.1 Å². The van der Waals surface area contributed by atoms with Crippen molar-refractivity contribution in [3.63, 3.8) is 0 Å². The molecule has 2 aliphatic rings. The molecule has 2 fully saturated rings. The normalized spacial score (nSPS) is 37.0. The van der Waals surface area contributed by atoms with Crippen molar-refractivity contribution in [2.75, 3.05) is 0 Å². The Kier molecular flexibility index (Phi) is 2.91. The summed E-state index contributed by atoms with van der Waals surface area (Å²) in [5, 5.41) is 0. The standard InChI is InChI=1S/C12H18O4/c1-3-4-10(13)15-9-6-5-8-7-12(9,2)16-11(8)14/h8-9H,3-7H2,1-2H3. The maximum absolute atomic E-state index is 11.5. The van der Waals surface area contributed by atoms with Crippen LogP contribution in [0, 0.1) is 5.92 Å². The van der Waals surface area contributed by atoms with E-state index in [1.807, 2.05) is 13.8 Å². The topological polar surface area (TPSA) is 52.6 Å². The average molecular weight is 226 g/mol. The molecule has 0 aromatic carbocycles. The quantitative estimate of drug-likeness (QED) is 0.689. The van der Waals surface area contributed by atoms with Crippen LogP contribution in [-0.4, -0.2) is 23.6 Å². The van der Waals surface area contributed by atoms with Gasteiger partial charge in [0.2, 0.25) is 0 Å². The summed E-state index contributed by atoms with van der Waals surface area (Å²) in [6.45, 7) is 3.81. The minimum absolute atomic E-state index is 0.0196. The highest BCUT2D eigenvalue weighted by molar-refractivity contribution is 5.76. The van der Waals surface area contributed by atoms with Gasteiger partial charge in [-0.1, -0.05) is 6.92 Å². The van der Waals surface area contributed by atoms with Crippen LogP contribution < -0.4 is 0 Å². The first-order valence-electron chi connectivity index (χ1n) is 5.97. The van der Waals surface area contributed by atoms with Crippen LogP contribution in [0.25, 0.3) is 0 Å². The second-order valence-corrected chi connectivity index (χ2v) is 4.94. The molecule has 0 aromatic rings. The highest BCUT2D eigenvalue weighted by Gasteiger charge is 2.53. The lowest BCUT2D eigenvalue weighted by Gasteiger charge is -2.34. The second-order valence-electron chi connectivity index (χ2n) is 4.94. The Morgan fingerprint density at radius 3 is 3.00 bits per heavy atom. The van der Waals surface area contributed by atoms with E-state index in [1.165, 1.54) is 0 Å². The third-order valence-corrected chi connectivity index (χ3v) is 3.51. The summed E-state index contributed by atoms with van der Waals surface area (Å²) < 4.78 is 10.7. The third kappa shape index (κ3) is 1.93. The first-order chi connectivity index (χ1) is 7.55. The van der Waals surface area contributed by atoms with E-state index < -0.39 is 5.60 Å². The zero-order valence-electron chi connectivity index (χ0n) is 9.82. The minimum atomic E-state index is -0.580. The summed E-state index contributed by atoms with van der Waals surface area (Å²) >= 11 is 0. The monoisotopic (exact) mass is 226 g/mol. The largest absolute Gasteiger partial charge is 0.458 e. The van der Waals surface area contributed by atoms with Gasteiger partial charge < -0.3 is 9.47 Å². The van der Waals surface area contributed by atoms with Gasteiger partial charge in [-0.2, -0.15) is 0 Å². The summed E-state index contributed by atoms with van der Waals surface area (Å²) in [6, 6.07) is 0. The van der Waals surface area contributed by atoms with Crippen molar-refractivity contribution in [1.29, 1.82) is 0 Å². The molecule has 1 aliphatic heterocycles. The van der Waals surface area contributed by atoms with Crippen LogP contribution in [0.2, 0.25) is 0 Å². The Hall–Kier alpha value is -1.06. The lowest BCUT2D eigenvalue weighted by atomic mass is 9.80. The van der Waals surface area contributed by atoms with Crippen molar-refractivity contribution in [2.45, 2.75) is 57.7 Å². The molecule has 0 N–H and O–H groups in total. The van der Waals surface area contributed by atoms with E-state index in [1.54, 1.807) is 0 Å². The van der Waals surface area contributed by atoms with Crippen LogP contribution >= 0.6 is 0 Å². The van der Waals surface area contributed by atoms with Crippen LogP contribution in [0.15, 0.2) is 0 Å². The first kappa shape index (κ1) is 11.4. The molecular weight excluding hydrogens is 208 g/mol. The number of hydrogen-bond acceptors (Lipinski definition) is 4. The van der Waals surface area contributed by atoms with Gasteiger partial charge in [0.15, 0.2) is 0 Å². The van der Waals surface area contributed by atoms with Gasteiger partial charge in [0.1, 0.15) is 11.7 Å². The van der Waals surface area contributed by atoms with E-state index in [2.05, 4.69) is 0 Å². The molecular formula is C12H18O4. The molecule has 4 nitrogen and oxygen atoms in total. The maximum atomic E-state index is 11.5. The lowest BCUT2D eigenvalue weighted by Crippen LogP contribution is -2.44. The van der Waals surface area contributed by atoms with E-state index in [9.17, 15) is 9.59 Å². The SMILES string of the molecule is CCCC(=O)OC1CCC2CC1(C)OC2=O. The third-order valence-electron chi connectivity index (χ3n) is 3.51. The molecule has 16 heavy (non-hydrogen) atoms. The average Bonchev–Trinajstić information content (AvgIpc) is 2.44. The number of fused-ring (bicyclic) bond motifs is 2. The predicted molar refractivity (Wildman–Crippen MR) is 56.6 cm³/mol. The molecule has 1 aliphatic carbocycles. The Balaban J connectivity index is 2.01. The number of carbonyl (C=O) groups excluding carboxylic acids is 2. The van der Waals surface area contributed by atoms with E-state index in [0.717, 1.165) is 19.3 Å². The molecule has 1 heterocycles. The fourth-order valence-corrected chi connectivity index (χ4v) is 2.61. The Morgan fingerprint density at radius 1 is 1.56 bits per heavy atom. The van der Waals surface area contributed by atoms with Crippen molar-refractivity contribution in [1.82, 2.24) is 0 Å². The molecule has 3 unspecified atom stereocenters. The van der Waals surface area contributed by atoms with Gasteiger partial charge in [-0.05, 0) is 26.2 Å². The molecule has 0 spiro atoms. The number of ether oxygens (including phenoxy) is 2. The van der Waals surface area contributed by atoms with E-state index in [-0.39, 0.29) is 24.0 Å². The smallest absolute Gasteiger partial charge is 0.309 e. The molecule has 0 amide bonds. The molecule has 1 saturated heterocycles. The van der Waals surface area contributed by atoms with E-state index in [4.69, 9.17) is 9.47 Å². The van der Waals surface area contributed by atoms with Crippen molar-refractivity contribution >= 4 is 11.9 Å². The lowest BCUT2D eigenvalue weighted by molar-refractivity contribution is -0.173. The number of esters is 2. The van der Waals surface area contributed by atoms with E-state index >= 15 is 0 Å². The molecule has 0 radical (unpaired) electrons. The van der Waals surface area contributed by atoms with Gasteiger partial charge in [-0.3, -0.25) is 9.59 Å². The number of carbonyl (C=O) groups is 2. The summed E-state index contributed by atoms with van der Waals surface area (Å²) in [6.07, 6.45) is 3.17. The fraction of sp³-hybridized carbons (Fsp3) is 0.833. The highest BCUT2D eigenvalue weighted by atomic mass is 16.6. The zero-order valence-corrected chi connectivity index (χ0v) is 9.82. The van der Waals surface area contributed by atoms with Gasteiger partial charge >= 0.3 is 11.9 Å². The van der Waals surface area contributed by atoms with Crippen molar-refractivity contribution in [2.24, 2.45) is 5.92 Å². The first-order valence-corrected chi connectivity index (χ1v) is 5.97. The summed E-state index contributed by atoms with van der Waals surface area (Å²) in [5.74, 6) is -0.294. The number of rotatable bonds is 3. The van der Waals surface area contributed by atoms with Crippen LogP contribution in [0.1, 0.15) is 46.0 Å². The summed E-state index contributed by atoms with van der Waals surface area (Å²) in [4.78, 5) is 22.9. The van der Waals surface area contributed by atoms with E-state index in [0.29, 0.717) is 12.8 Å². The molecule has 1 saturated carbocycles. The minimum Gasteiger partial charge on any atom is -0.458 e. The van der Waals surface area contributed by atoms with Gasteiger partial charge in [-0.15, -0.1) is 0 Å².